The number of carbonyl (C=O) groups excluding carboxylic acids is 3. The van der Waals surface area contributed by atoms with Crippen LogP contribution >= 0.6 is 23.4 Å². The third kappa shape index (κ3) is 4.85. The Kier molecular flexibility index (Phi) is 6.26. The molecule has 0 radical (unpaired) electrons. The van der Waals surface area contributed by atoms with Crippen LogP contribution in [0.3, 0.4) is 0 Å². The van der Waals surface area contributed by atoms with Gasteiger partial charge in [0.2, 0.25) is 0 Å². The van der Waals surface area contributed by atoms with E-state index < -0.39 is 23.7 Å². The Morgan fingerprint density at radius 1 is 1.21 bits per heavy atom. The summed E-state index contributed by atoms with van der Waals surface area (Å²) in [5, 5.41) is 0.110. The predicted octanol–water partition coefficient (Wildman–Crippen LogP) is 4.84. The first kappa shape index (κ1) is 20.2. The molecule has 28 heavy (non-hydrogen) atoms. The van der Waals surface area contributed by atoms with Crippen LogP contribution in [0.1, 0.15) is 19.6 Å². The van der Waals surface area contributed by atoms with Crippen molar-refractivity contribution in [3.63, 3.8) is 0 Å². The first-order valence-corrected chi connectivity index (χ1v) is 9.79. The number of benzene rings is 1. The topological polar surface area (TPSA) is 76.8 Å². The molecule has 2 heterocycles. The van der Waals surface area contributed by atoms with E-state index in [1.807, 2.05) is 26.0 Å². The van der Waals surface area contributed by atoms with Gasteiger partial charge in [-0.25, -0.2) is 0 Å². The zero-order chi connectivity index (χ0) is 20.3. The van der Waals surface area contributed by atoms with Crippen molar-refractivity contribution in [2.45, 2.75) is 13.8 Å². The fourth-order valence-electron chi connectivity index (χ4n) is 2.40. The molecule has 146 valence electrons. The lowest BCUT2D eigenvalue weighted by Crippen LogP contribution is -2.34. The van der Waals surface area contributed by atoms with Gasteiger partial charge in [0.15, 0.2) is 0 Å². The van der Waals surface area contributed by atoms with Gasteiger partial charge in [-0.15, -0.1) is 0 Å². The number of esters is 1. The minimum Gasteiger partial charge on any atom is -0.464 e. The van der Waals surface area contributed by atoms with Crippen molar-refractivity contribution in [3.8, 4) is 11.3 Å². The molecule has 0 unspecified atom stereocenters. The van der Waals surface area contributed by atoms with Crippen molar-refractivity contribution < 1.29 is 23.5 Å². The maximum Gasteiger partial charge on any atom is 0.326 e. The molecule has 8 heteroatoms. The third-order valence-corrected chi connectivity index (χ3v) is 4.93. The summed E-state index contributed by atoms with van der Waals surface area (Å²) in [4.78, 5) is 37.4. The van der Waals surface area contributed by atoms with E-state index in [1.165, 1.54) is 6.08 Å². The fourth-order valence-corrected chi connectivity index (χ4v) is 3.34. The second-order valence-corrected chi connectivity index (χ2v) is 7.98. The van der Waals surface area contributed by atoms with Gasteiger partial charge < -0.3 is 9.15 Å². The van der Waals surface area contributed by atoms with E-state index in [9.17, 15) is 14.4 Å². The maximum absolute atomic E-state index is 12.5. The molecule has 1 aromatic carbocycles. The van der Waals surface area contributed by atoms with E-state index in [0.29, 0.717) is 16.5 Å². The van der Waals surface area contributed by atoms with Crippen LogP contribution in [0.2, 0.25) is 5.02 Å². The van der Waals surface area contributed by atoms with Crippen LogP contribution in [0.15, 0.2) is 45.7 Å². The van der Waals surface area contributed by atoms with E-state index >= 15 is 0 Å². The number of imide groups is 1. The molecule has 0 N–H and O–H groups in total. The summed E-state index contributed by atoms with van der Waals surface area (Å²) in [6.07, 6.45) is 1.49. The van der Waals surface area contributed by atoms with Gasteiger partial charge >= 0.3 is 5.97 Å². The summed E-state index contributed by atoms with van der Waals surface area (Å²) in [5.74, 6) is 0.0611. The third-order valence-electron chi connectivity index (χ3n) is 3.77. The highest BCUT2D eigenvalue weighted by molar-refractivity contribution is 8.18. The van der Waals surface area contributed by atoms with Gasteiger partial charge in [0.1, 0.15) is 18.1 Å². The molecule has 2 aromatic rings. The smallest absolute Gasteiger partial charge is 0.326 e. The number of ether oxygens (including phenoxy) is 1. The van der Waals surface area contributed by atoms with Gasteiger partial charge in [0.25, 0.3) is 11.1 Å². The molecule has 0 bridgehead atoms. The predicted molar refractivity (Wildman–Crippen MR) is 108 cm³/mol. The Morgan fingerprint density at radius 2 is 1.93 bits per heavy atom. The second kappa shape index (κ2) is 8.67. The number of hydrogen-bond acceptors (Lipinski definition) is 6. The lowest BCUT2D eigenvalue weighted by molar-refractivity contribution is -0.147. The summed E-state index contributed by atoms with van der Waals surface area (Å²) in [7, 11) is 0. The Bertz CT molecular complexity index is 932. The quantitative estimate of drug-likeness (QED) is 0.492. The van der Waals surface area contributed by atoms with Crippen LogP contribution in [0.25, 0.3) is 17.4 Å². The van der Waals surface area contributed by atoms with E-state index in [2.05, 4.69) is 0 Å². The van der Waals surface area contributed by atoms with Crippen LogP contribution in [0.5, 0.6) is 0 Å². The molecule has 0 spiro atoms. The monoisotopic (exact) mass is 419 g/mol. The minimum absolute atomic E-state index is 0.174. The Labute approximate surface area is 171 Å². The largest absolute Gasteiger partial charge is 0.464 e. The van der Waals surface area contributed by atoms with E-state index in [4.69, 9.17) is 20.8 Å². The second-order valence-electron chi connectivity index (χ2n) is 6.55. The minimum atomic E-state index is -0.611. The van der Waals surface area contributed by atoms with Gasteiger partial charge in [0.05, 0.1) is 11.5 Å². The van der Waals surface area contributed by atoms with Gasteiger partial charge in [-0.05, 0) is 54.1 Å². The summed E-state index contributed by atoms with van der Waals surface area (Å²) in [6, 6.07) is 10.6. The number of halogens is 1. The molecule has 1 saturated heterocycles. The van der Waals surface area contributed by atoms with Gasteiger partial charge in [-0.1, -0.05) is 25.4 Å². The first-order chi connectivity index (χ1) is 13.3. The average molecular weight is 420 g/mol. The fraction of sp³-hybridized carbons (Fsp3) is 0.250. The lowest BCUT2D eigenvalue weighted by Gasteiger charge is -2.12. The van der Waals surface area contributed by atoms with Gasteiger partial charge in [0, 0.05) is 16.7 Å². The zero-order valence-corrected chi connectivity index (χ0v) is 16.9. The lowest BCUT2D eigenvalue weighted by atomic mass is 10.2. The zero-order valence-electron chi connectivity index (χ0n) is 15.3. The Balaban J connectivity index is 1.70. The molecule has 1 aliphatic rings. The van der Waals surface area contributed by atoms with Crippen molar-refractivity contribution >= 4 is 46.6 Å². The Hall–Kier alpha value is -2.51. The molecule has 1 aliphatic heterocycles. The van der Waals surface area contributed by atoms with Gasteiger partial charge in [-0.3, -0.25) is 19.3 Å². The van der Waals surface area contributed by atoms with Crippen LogP contribution in [-0.2, 0) is 14.3 Å². The maximum atomic E-state index is 12.5. The number of carbonyl (C=O) groups is 3. The molecule has 1 fully saturated rings. The number of hydrogen-bond donors (Lipinski definition) is 0. The number of amides is 2. The molecular weight excluding hydrogens is 402 g/mol. The highest BCUT2D eigenvalue weighted by Crippen LogP contribution is 2.33. The van der Waals surface area contributed by atoms with Crippen molar-refractivity contribution in [1.82, 2.24) is 4.90 Å². The van der Waals surface area contributed by atoms with Crippen LogP contribution in [0, 0.1) is 5.92 Å². The molecule has 0 saturated carbocycles. The van der Waals surface area contributed by atoms with Crippen LogP contribution in [0.4, 0.5) is 4.79 Å². The number of thioether (sulfide) groups is 1. The first-order valence-electron chi connectivity index (χ1n) is 8.60. The molecule has 0 atom stereocenters. The van der Waals surface area contributed by atoms with E-state index in [-0.39, 0.29) is 17.4 Å². The normalized spacial score (nSPS) is 15.7. The number of nitrogens with zero attached hydrogens (tertiary/aromatic N) is 1. The molecule has 3 rings (SSSR count). The van der Waals surface area contributed by atoms with E-state index in [0.717, 1.165) is 22.2 Å². The highest BCUT2D eigenvalue weighted by Gasteiger charge is 2.37. The Morgan fingerprint density at radius 3 is 2.61 bits per heavy atom. The van der Waals surface area contributed by atoms with Crippen molar-refractivity contribution in [2.75, 3.05) is 13.2 Å². The summed E-state index contributed by atoms with van der Waals surface area (Å²) in [5.41, 5.74) is 0.838. The van der Waals surface area contributed by atoms with Crippen molar-refractivity contribution in [2.24, 2.45) is 5.92 Å². The highest BCUT2D eigenvalue weighted by atomic mass is 35.5. The van der Waals surface area contributed by atoms with Gasteiger partial charge in [-0.2, -0.15) is 0 Å². The SMILES string of the molecule is CC(C)COC(=O)CN1C(=O)S/C(=C/c2ccc(-c3ccc(Cl)cc3)o2)C1=O. The van der Waals surface area contributed by atoms with Crippen LogP contribution < -0.4 is 0 Å². The van der Waals surface area contributed by atoms with Crippen molar-refractivity contribution in [3.05, 3.63) is 52.1 Å². The van der Waals surface area contributed by atoms with Crippen LogP contribution in [-0.4, -0.2) is 35.2 Å². The van der Waals surface area contributed by atoms with E-state index in [1.54, 1.807) is 24.3 Å². The number of rotatable bonds is 6. The average Bonchev–Trinajstić information content (AvgIpc) is 3.21. The molecule has 6 nitrogen and oxygen atoms in total. The molecule has 1 aromatic heterocycles. The summed E-state index contributed by atoms with van der Waals surface area (Å²) < 4.78 is 10.8. The molecule has 0 aliphatic carbocycles. The summed E-state index contributed by atoms with van der Waals surface area (Å²) >= 11 is 6.65. The number of furan rings is 1. The summed E-state index contributed by atoms with van der Waals surface area (Å²) in [6.45, 7) is 3.64. The standard InChI is InChI=1S/C20H18ClNO5S/c1-12(2)11-26-18(23)10-22-19(24)17(28-20(22)25)9-15-7-8-16(27-15)13-3-5-14(21)6-4-13/h3-9,12H,10-11H2,1-2H3/b17-9+. The van der Waals surface area contributed by atoms with Crippen molar-refractivity contribution in [1.29, 1.82) is 0 Å². The molecular formula is C20H18ClNO5S. The molecule has 2 amide bonds.